The standard InChI is InChI=1S/C18H14Cl2O4/c19-11-5-1-3-9(7-11)13-14(10-4-2-6-12(20)8-10)16(18(23)24)15(13)17(21)22/h1-8,13-16H,(H,21,22)(H,23,24). The molecular formula is C18H14Cl2O4. The van der Waals surface area contributed by atoms with E-state index in [4.69, 9.17) is 23.2 Å². The largest absolute Gasteiger partial charge is 0.481 e. The molecule has 0 spiro atoms. The summed E-state index contributed by atoms with van der Waals surface area (Å²) in [5.41, 5.74) is 1.44. The molecule has 2 aromatic carbocycles. The van der Waals surface area contributed by atoms with Gasteiger partial charge in [0, 0.05) is 21.9 Å². The molecule has 4 nitrogen and oxygen atoms in total. The predicted molar refractivity (Wildman–Crippen MR) is 90.6 cm³/mol. The summed E-state index contributed by atoms with van der Waals surface area (Å²) in [5, 5.41) is 20.1. The average molecular weight is 365 g/mol. The molecule has 0 heterocycles. The number of carboxylic acids is 2. The number of rotatable bonds is 4. The summed E-state index contributed by atoms with van der Waals surface area (Å²) in [4.78, 5) is 23.4. The van der Waals surface area contributed by atoms with Crippen LogP contribution < -0.4 is 0 Å². The first-order valence-electron chi connectivity index (χ1n) is 7.36. The van der Waals surface area contributed by atoms with E-state index in [2.05, 4.69) is 0 Å². The Morgan fingerprint density at radius 3 is 1.42 bits per heavy atom. The van der Waals surface area contributed by atoms with Crippen LogP contribution in [0.4, 0.5) is 0 Å². The van der Waals surface area contributed by atoms with Crippen molar-refractivity contribution in [3.8, 4) is 0 Å². The van der Waals surface area contributed by atoms with E-state index in [1.54, 1.807) is 48.5 Å². The van der Waals surface area contributed by atoms with Crippen molar-refractivity contribution >= 4 is 35.1 Å². The van der Waals surface area contributed by atoms with Gasteiger partial charge < -0.3 is 10.2 Å². The number of aliphatic carboxylic acids is 2. The van der Waals surface area contributed by atoms with Crippen LogP contribution in [0, 0.1) is 11.8 Å². The van der Waals surface area contributed by atoms with Gasteiger partial charge in [-0.05, 0) is 35.4 Å². The molecule has 2 N–H and O–H groups in total. The highest BCUT2D eigenvalue weighted by atomic mass is 35.5. The Hall–Kier alpha value is -2.04. The van der Waals surface area contributed by atoms with Gasteiger partial charge in [0.2, 0.25) is 0 Å². The van der Waals surface area contributed by atoms with Crippen LogP contribution in [0.3, 0.4) is 0 Å². The molecule has 0 radical (unpaired) electrons. The Morgan fingerprint density at radius 2 is 1.12 bits per heavy atom. The van der Waals surface area contributed by atoms with E-state index in [1.165, 1.54) is 0 Å². The molecule has 3 rings (SSSR count). The summed E-state index contributed by atoms with van der Waals surface area (Å²) in [7, 11) is 0. The second-order valence-corrected chi connectivity index (χ2v) is 6.76. The third-order valence-electron chi connectivity index (χ3n) is 4.59. The van der Waals surface area contributed by atoms with Gasteiger partial charge in [-0.25, -0.2) is 0 Å². The fourth-order valence-corrected chi connectivity index (χ4v) is 4.02. The number of halogens is 2. The summed E-state index contributed by atoms with van der Waals surface area (Å²) in [6.07, 6.45) is 0. The third-order valence-corrected chi connectivity index (χ3v) is 5.06. The van der Waals surface area contributed by atoms with E-state index in [1.807, 2.05) is 0 Å². The molecule has 6 heteroatoms. The predicted octanol–water partition coefficient (Wildman–Crippen LogP) is 4.28. The fraction of sp³-hybridized carbons (Fsp3) is 0.222. The average Bonchev–Trinajstić information content (AvgIpc) is 2.45. The number of hydrogen-bond acceptors (Lipinski definition) is 2. The molecule has 1 fully saturated rings. The summed E-state index contributed by atoms with van der Waals surface area (Å²) >= 11 is 12.1. The van der Waals surface area contributed by atoms with Gasteiger partial charge in [-0.2, -0.15) is 0 Å². The highest BCUT2D eigenvalue weighted by molar-refractivity contribution is 6.31. The van der Waals surface area contributed by atoms with Crippen LogP contribution in [0.25, 0.3) is 0 Å². The zero-order valence-electron chi connectivity index (χ0n) is 12.4. The SMILES string of the molecule is O=C(O)C1C(C(=O)O)C(c2cccc(Cl)c2)C1c1cccc(Cl)c1. The van der Waals surface area contributed by atoms with Gasteiger partial charge in [0.05, 0.1) is 11.8 Å². The first kappa shape index (κ1) is 16.8. The summed E-state index contributed by atoms with van der Waals surface area (Å²) in [5.74, 6) is -5.20. The molecule has 24 heavy (non-hydrogen) atoms. The van der Waals surface area contributed by atoms with E-state index in [0.29, 0.717) is 10.0 Å². The molecule has 0 aliphatic heterocycles. The van der Waals surface area contributed by atoms with Crippen LogP contribution in [0.2, 0.25) is 10.0 Å². The maximum atomic E-state index is 11.7. The van der Waals surface area contributed by atoms with E-state index >= 15 is 0 Å². The fourth-order valence-electron chi connectivity index (χ4n) is 3.62. The number of carboxylic acid groups (broad SMARTS) is 2. The number of benzene rings is 2. The van der Waals surface area contributed by atoms with Gasteiger partial charge in [-0.3, -0.25) is 9.59 Å². The molecule has 1 aliphatic carbocycles. The zero-order chi connectivity index (χ0) is 17.4. The molecule has 0 saturated heterocycles. The van der Waals surface area contributed by atoms with E-state index in [9.17, 15) is 19.8 Å². The minimum absolute atomic E-state index is 0.472. The van der Waals surface area contributed by atoms with Crippen molar-refractivity contribution in [2.24, 2.45) is 11.8 Å². The monoisotopic (exact) mass is 364 g/mol. The van der Waals surface area contributed by atoms with Crippen molar-refractivity contribution < 1.29 is 19.8 Å². The Bertz CT molecular complexity index is 738. The van der Waals surface area contributed by atoms with Gasteiger partial charge in [-0.1, -0.05) is 47.5 Å². The van der Waals surface area contributed by atoms with Gasteiger partial charge in [-0.15, -0.1) is 0 Å². The molecule has 4 unspecified atom stereocenters. The van der Waals surface area contributed by atoms with Crippen molar-refractivity contribution in [1.29, 1.82) is 0 Å². The van der Waals surface area contributed by atoms with Gasteiger partial charge in [0.1, 0.15) is 0 Å². The lowest BCUT2D eigenvalue weighted by molar-refractivity contribution is -0.164. The van der Waals surface area contributed by atoms with Crippen LogP contribution >= 0.6 is 23.2 Å². The Kier molecular flexibility index (Phi) is 4.52. The molecule has 1 aliphatic rings. The zero-order valence-corrected chi connectivity index (χ0v) is 13.9. The second-order valence-electron chi connectivity index (χ2n) is 5.89. The normalized spacial score (nSPS) is 25.8. The molecule has 0 bridgehead atoms. The Balaban J connectivity index is 2.10. The van der Waals surface area contributed by atoms with Gasteiger partial charge >= 0.3 is 11.9 Å². The van der Waals surface area contributed by atoms with E-state index in [-0.39, 0.29) is 0 Å². The van der Waals surface area contributed by atoms with Crippen LogP contribution in [-0.2, 0) is 9.59 Å². The lowest BCUT2D eigenvalue weighted by atomic mass is 9.52. The molecule has 2 aromatic rings. The Morgan fingerprint density at radius 1 is 0.750 bits per heavy atom. The van der Waals surface area contributed by atoms with Crippen LogP contribution in [0.15, 0.2) is 48.5 Å². The topological polar surface area (TPSA) is 74.6 Å². The van der Waals surface area contributed by atoms with E-state index < -0.39 is 35.6 Å². The molecule has 0 aromatic heterocycles. The molecule has 0 amide bonds. The summed E-state index contributed by atoms with van der Waals surface area (Å²) < 4.78 is 0. The first-order valence-corrected chi connectivity index (χ1v) is 8.12. The number of hydrogen-bond donors (Lipinski definition) is 2. The maximum Gasteiger partial charge on any atom is 0.308 e. The first-order chi connectivity index (χ1) is 11.4. The lowest BCUT2D eigenvalue weighted by Crippen LogP contribution is -2.51. The molecule has 4 atom stereocenters. The van der Waals surface area contributed by atoms with E-state index in [0.717, 1.165) is 11.1 Å². The van der Waals surface area contributed by atoms with Crippen molar-refractivity contribution in [3.63, 3.8) is 0 Å². The highest BCUT2D eigenvalue weighted by Gasteiger charge is 2.58. The minimum Gasteiger partial charge on any atom is -0.481 e. The minimum atomic E-state index is -1.12. The Labute approximate surface area is 148 Å². The highest BCUT2D eigenvalue weighted by Crippen LogP contribution is 2.58. The second kappa shape index (κ2) is 6.46. The molecule has 1 saturated carbocycles. The van der Waals surface area contributed by atoms with Crippen molar-refractivity contribution in [2.75, 3.05) is 0 Å². The van der Waals surface area contributed by atoms with Crippen LogP contribution in [0.1, 0.15) is 23.0 Å². The summed E-state index contributed by atoms with van der Waals surface area (Å²) in [6.45, 7) is 0. The lowest BCUT2D eigenvalue weighted by Gasteiger charge is -2.48. The summed E-state index contributed by atoms with van der Waals surface area (Å²) in [6, 6.07) is 13.8. The van der Waals surface area contributed by atoms with Crippen molar-refractivity contribution in [1.82, 2.24) is 0 Å². The smallest absolute Gasteiger partial charge is 0.308 e. The quantitative estimate of drug-likeness (QED) is 0.848. The molecule has 124 valence electrons. The molecular weight excluding hydrogens is 351 g/mol. The van der Waals surface area contributed by atoms with Crippen LogP contribution in [0.5, 0.6) is 0 Å². The van der Waals surface area contributed by atoms with Crippen molar-refractivity contribution in [2.45, 2.75) is 11.8 Å². The maximum absolute atomic E-state index is 11.7. The number of carbonyl (C=O) groups is 2. The third kappa shape index (κ3) is 2.87. The van der Waals surface area contributed by atoms with Crippen LogP contribution in [-0.4, -0.2) is 22.2 Å². The van der Waals surface area contributed by atoms with Crippen molar-refractivity contribution in [3.05, 3.63) is 69.7 Å². The van der Waals surface area contributed by atoms with Gasteiger partial charge in [0.15, 0.2) is 0 Å². The van der Waals surface area contributed by atoms with Gasteiger partial charge in [0.25, 0.3) is 0 Å².